The third kappa shape index (κ3) is 6.86. The number of likely N-dealkylation sites (N-methyl/N-ethyl adjacent to an activating group) is 1. The van der Waals surface area contributed by atoms with E-state index >= 15 is 0 Å². The lowest BCUT2D eigenvalue weighted by Crippen LogP contribution is -2.38. The predicted molar refractivity (Wildman–Crippen MR) is 156 cm³/mol. The summed E-state index contributed by atoms with van der Waals surface area (Å²) in [6, 6.07) is 16.2. The first-order valence-corrected chi connectivity index (χ1v) is 13.6. The van der Waals surface area contributed by atoms with Crippen molar-refractivity contribution in [3.63, 3.8) is 0 Å². The number of ether oxygens (including phenoxy) is 1. The number of halogens is 1. The topological polar surface area (TPSA) is 107 Å². The number of aromatic amines is 1. The lowest BCUT2D eigenvalue weighted by atomic mass is 10.0. The molecule has 1 aliphatic rings. The number of benzene rings is 2. The number of hydrogen-bond donors (Lipinski definition) is 4. The van der Waals surface area contributed by atoms with Crippen molar-refractivity contribution < 1.29 is 9.53 Å². The van der Waals surface area contributed by atoms with Gasteiger partial charge in [0.2, 0.25) is 5.91 Å². The van der Waals surface area contributed by atoms with Crippen LogP contribution in [0, 0.1) is 0 Å². The Hall–Kier alpha value is -3.66. The molecule has 0 radical (unpaired) electrons. The average Bonchev–Trinajstić information content (AvgIpc) is 3.37. The van der Waals surface area contributed by atoms with Gasteiger partial charge >= 0.3 is 0 Å². The van der Waals surface area contributed by atoms with Crippen LogP contribution in [0.3, 0.4) is 0 Å². The first-order valence-electron chi connectivity index (χ1n) is 13.3. The van der Waals surface area contributed by atoms with E-state index in [0.29, 0.717) is 23.3 Å². The van der Waals surface area contributed by atoms with Crippen molar-refractivity contribution in [2.24, 2.45) is 0 Å². The molecule has 0 bridgehead atoms. The zero-order valence-electron chi connectivity index (χ0n) is 22.3. The molecule has 10 heteroatoms. The van der Waals surface area contributed by atoms with Gasteiger partial charge in [-0.3, -0.25) is 9.69 Å². The van der Waals surface area contributed by atoms with Crippen LogP contribution in [0.5, 0.6) is 5.75 Å². The molecule has 3 heterocycles. The minimum absolute atomic E-state index is 0.0599. The summed E-state index contributed by atoms with van der Waals surface area (Å²) in [4.78, 5) is 26.3. The number of hydrogen-bond acceptors (Lipinski definition) is 7. The number of rotatable bonds is 10. The number of aromatic nitrogens is 3. The summed E-state index contributed by atoms with van der Waals surface area (Å²) in [7, 11) is 1.90. The highest BCUT2D eigenvalue weighted by Crippen LogP contribution is 2.32. The largest absolute Gasteiger partial charge is 0.492 e. The zero-order valence-corrected chi connectivity index (χ0v) is 23.0. The lowest BCUT2D eigenvalue weighted by molar-refractivity contribution is -0.114. The van der Waals surface area contributed by atoms with E-state index < -0.39 is 0 Å². The van der Waals surface area contributed by atoms with Gasteiger partial charge in [-0.1, -0.05) is 23.7 Å². The van der Waals surface area contributed by atoms with Gasteiger partial charge in [-0.15, -0.1) is 0 Å². The Bertz CT molecular complexity index is 1400. The Kier molecular flexibility index (Phi) is 8.61. The SMILES string of the molecule is CNCCOc1ccc(-c2nc3ncc(Cl)c(NC4CCN(Cc5ccc(NC(C)=O)cc5)CC4)c3[nH]2)cc1. The second-order valence-electron chi connectivity index (χ2n) is 9.81. The molecule has 0 aliphatic carbocycles. The summed E-state index contributed by atoms with van der Waals surface area (Å²) in [5.74, 6) is 1.50. The monoisotopic (exact) mass is 547 g/mol. The number of nitrogens with zero attached hydrogens (tertiary/aromatic N) is 3. The molecule has 2 aromatic heterocycles. The summed E-state index contributed by atoms with van der Waals surface area (Å²) in [5.41, 5.74) is 5.30. The highest BCUT2D eigenvalue weighted by Gasteiger charge is 2.22. The van der Waals surface area contributed by atoms with Crippen LogP contribution in [-0.4, -0.2) is 65.1 Å². The van der Waals surface area contributed by atoms with Crippen LogP contribution in [-0.2, 0) is 11.3 Å². The van der Waals surface area contributed by atoms with E-state index in [4.69, 9.17) is 21.3 Å². The van der Waals surface area contributed by atoms with Crippen molar-refractivity contribution in [1.29, 1.82) is 0 Å². The molecule has 4 aromatic rings. The molecular formula is C29H34ClN7O2. The van der Waals surface area contributed by atoms with Gasteiger partial charge in [0, 0.05) is 50.4 Å². The summed E-state index contributed by atoms with van der Waals surface area (Å²) in [6.45, 7) is 5.77. The highest BCUT2D eigenvalue weighted by molar-refractivity contribution is 6.34. The van der Waals surface area contributed by atoms with E-state index in [2.05, 4.69) is 43.0 Å². The molecule has 5 rings (SSSR count). The standard InChI is InChI=1S/C29H34ClN7O2/c1-19(38)33-22-7-3-20(4-8-22)18-37-14-11-23(12-15-37)34-26-25(30)17-32-29-27(26)35-28(36-29)21-5-9-24(10-6-21)39-16-13-31-2/h3-10,17,23,31H,11-16,18H2,1-2H3,(H,33,38)(H2,32,34,35,36). The van der Waals surface area contributed by atoms with Crippen LogP contribution in [0.2, 0.25) is 5.02 Å². The quantitative estimate of drug-likeness (QED) is 0.209. The van der Waals surface area contributed by atoms with E-state index in [0.717, 1.165) is 73.0 Å². The van der Waals surface area contributed by atoms with Crippen molar-refractivity contribution in [2.75, 3.05) is 43.9 Å². The number of amides is 1. The Labute approximate surface area is 233 Å². The molecular weight excluding hydrogens is 514 g/mol. The number of piperidine rings is 1. The highest BCUT2D eigenvalue weighted by atomic mass is 35.5. The molecule has 0 atom stereocenters. The molecule has 1 saturated heterocycles. The molecule has 4 N–H and O–H groups in total. The number of H-pyrrole nitrogens is 1. The van der Waals surface area contributed by atoms with E-state index in [-0.39, 0.29) is 5.91 Å². The van der Waals surface area contributed by atoms with Gasteiger partial charge < -0.3 is 25.7 Å². The van der Waals surface area contributed by atoms with Gasteiger partial charge in [0.1, 0.15) is 23.7 Å². The van der Waals surface area contributed by atoms with Crippen LogP contribution in [0.1, 0.15) is 25.3 Å². The maximum absolute atomic E-state index is 11.2. The average molecular weight is 548 g/mol. The Morgan fingerprint density at radius 1 is 1.13 bits per heavy atom. The molecule has 0 saturated carbocycles. The number of carbonyl (C=O) groups is 1. The van der Waals surface area contributed by atoms with Gasteiger partial charge in [-0.05, 0) is 61.9 Å². The van der Waals surface area contributed by atoms with Crippen molar-refractivity contribution in [3.8, 4) is 17.1 Å². The fraction of sp³-hybridized carbons (Fsp3) is 0.345. The maximum atomic E-state index is 11.2. The second-order valence-corrected chi connectivity index (χ2v) is 10.2. The van der Waals surface area contributed by atoms with Crippen LogP contribution in [0.25, 0.3) is 22.6 Å². The predicted octanol–water partition coefficient (Wildman–Crippen LogP) is 4.91. The van der Waals surface area contributed by atoms with Gasteiger partial charge in [0.05, 0.1) is 16.9 Å². The van der Waals surface area contributed by atoms with Crippen molar-refractivity contribution in [3.05, 3.63) is 65.3 Å². The fourth-order valence-corrected chi connectivity index (χ4v) is 4.98. The molecule has 1 fully saturated rings. The number of nitrogens with one attached hydrogen (secondary N) is 4. The molecule has 204 valence electrons. The first kappa shape index (κ1) is 26.9. The minimum Gasteiger partial charge on any atom is -0.492 e. The number of anilines is 2. The fourth-order valence-electron chi connectivity index (χ4n) is 4.79. The summed E-state index contributed by atoms with van der Waals surface area (Å²) >= 11 is 6.61. The van der Waals surface area contributed by atoms with E-state index in [9.17, 15) is 4.79 Å². The molecule has 39 heavy (non-hydrogen) atoms. The van der Waals surface area contributed by atoms with Crippen molar-refractivity contribution in [2.45, 2.75) is 32.4 Å². The molecule has 1 aliphatic heterocycles. The first-order chi connectivity index (χ1) is 19.0. The number of carbonyl (C=O) groups excluding carboxylic acids is 1. The van der Waals surface area contributed by atoms with Crippen LogP contribution in [0.15, 0.2) is 54.7 Å². The van der Waals surface area contributed by atoms with E-state index in [1.165, 1.54) is 12.5 Å². The zero-order chi connectivity index (χ0) is 27.2. The van der Waals surface area contributed by atoms with Gasteiger partial charge in [0.25, 0.3) is 0 Å². The summed E-state index contributed by atoms with van der Waals surface area (Å²) in [6.07, 6.45) is 3.66. The van der Waals surface area contributed by atoms with E-state index in [1.807, 2.05) is 43.4 Å². The molecule has 9 nitrogen and oxygen atoms in total. The normalized spacial score (nSPS) is 14.4. The van der Waals surface area contributed by atoms with Crippen LogP contribution < -0.4 is 20.7 Å². The molecule has 0 unspecified atom stereocenters. The molecule has 2 aromatic carbocycles. The third-order valence-electron chi connectivity index (χ3n) is 6.84. The van der Waals surface area contributed by atoms with Gasteiger partial charge in [-0.2, -0.15) is 0 Å². The van der Waals surface area contributed by atoms with Crippen LogP contribution >= 0.6 is 11.6 Å². The summed E-state index contributed by atoms with van der Waals surface area (Å²) < 4.78 is 5.72. The number of fused-ring (bicyclic) bond motifs is 1. The Balaban J connectivity index is 1.21. The summed E-state index contributed by atoms with van der Waals surface area (Å²) in [5, 5.41) is 10.1. The number of likely N-dealkylation sites (tertiary alicyclic amines) is 1. The number of imidazole rings is 1. The molecule has 1 amide bonds. The van der Waals surface area contributed by atoms with Gasteiger partial charge in [-0.25, -0.2) is 9.97 Å². The van der Waals surface area contributed by atoms with Crippen molar-refractivity contribution in [1.82, 2.24) is 25.2 Å². The lowest BCUT2D eigenvalue weighted by Gasteiger charge is -2.33. The minimum atomic E-state index is -0.0599. The van der Waals surface area contributed by atoms with Gasteiger partial charge in [0.15, 0.2) is 5.65 Å². The van der Waals surface area contributed by atoms with Crippen LogP contribution in [0.4, 0.5) is 11.4 Å². The second kappa shape index (κ2) is 12.5. The Morgan fingerprint density at radius 2 is 1.87 bits per heavy atom. The Morgan fingerprint density at radius 3 is 2.56 bits per heavy atom. The smallest absolute Gasteiger partial charge is 0.221 e. The molecule has 0 spiro atoms. The van der Waals surface area contributed by atoms with E-state index in [1.54, 1.807) is 6.20 Å². The van der Waals surface area contributed by atoms with Crippen molar-refractivity contribution >= 4 is 40.0 Å². The maximum Gasteiger partial charge on any atom is 0.221 e. The number of pyridine rings is 1. The third-order valence-corrected chi connectivity index (χ3v) is 7.13.